The van der Waals surface area contributed by atoms with Gasteiger partial charge in [0.2, 0.25) is 0 Å². The first kappa shape index (κ1) is 14.6. The maximum absolute atomic E-state index is 5.35. The van der Waals surface area contributed by atoms with Crippen LogP contribution in [0.1, 0.15) is 26.5 Å². The standard InChI is InChI=1S/C20H21NO/c1-20(2,3)19-13-17(14-8-6-5-7-9-14)16-11-10-15(22-4)12-18(16)21-19/h5-13H,1-4H3. The first-order chi connectivity index (χ1) is 10.5. The van der Waals surface area contributed by atoms with Crippen molar-refractivity contribution in [2.45, 2.75) is 26.2 Å². The summed E-state index contributed by atoms with van der Waals surface area (Å²) >= 11 is 0. The number of rotatable bonds is 2. The van der Waals surface area contributed by atoms with Crippen LogP contribution in [0, 0.1) is 0 Å². The Hall–Kier alpha value is -2.35. The fraction of sp³-hybridized carbons (Fsp3) is 0.250. The first-order valence-corrected chi connectivity index (χ1v) is 7.54. The average molecular weight is 291 g/mol. The SMILES string of the molecule is COc1ccc2c(-c3ccccc3)cc(C(C)(C)C)nc2c1. The van der Waals surface area contributed by atoms with Gasteiger partial charge < -0.3 is 4.74 Å². The molecule has 0 N–H and O–H groups in total. The van der Waals surface area contributed by atoms with Crippen molar-refractivity contribution in [3.63, 3.8) is 0 Å². The Morgan fingerprint density at radius 1 is 0.909 bits per heavy atom. The van der Waals surface area contributed by atoms with E-state index in [4.69, 9.17) is 9.72 Å². The van der Waals surface area contributed by atoms with E-state index in [9.17, 15) is 0 Å². The lowest BCUT2D eigenvalue weighted by Crippen LogP contribution is -2.13. The van der Waals surface area contributed by atoms with Crippen LogP contribution in [0.4, 0.5) is 0 Å². The van der Waals surface area contributed by atoms with E-state index < -0.39 is 0 Å². The fourth-order valence-corrected chi connectivity index (χ4v) is 2.58. The number of ether oxygens (including phenoxy) is 1. The molecule has 0 aliphatic heterocycles. The largest absolute Gasteiger partial charge is 0.497 e. The molecule has 0 fully saturated rings. The van der Waals surface area contributed by atoms with Crippen molar-refractivity contribution in [2.24, 2.45) is 0 Å². The summed E-state index contributed by atoms with van der Waals surface area (Å²) in [6, 6.07) is 18.8. The van der Waals surface area contributed by atoms with Crippen molar-refractivity contribution in [3.8, 4) is 16.9 Å². The van der Waals surface area contributed by atoms with Crippen LogP contribution in [0.2, 0.25) is 0 Å². The zero-order valence-electron chi connectivity index (χ0n) is 13.6. The molecule has 2 heteroatoms. The smallest absolute Gasteiger partial charge is 0.121 e. The lowest BCUT2D eigenvalue weighted by molar-refractivity contribution is 0.415. The summed E-state index contributed by atoms with van der Waals surface area (Å²) in [7, 11) is 1.69. The minimum atomic E-state index is 0.000791. The summed E-state index contributed by atoms with van der Waals surface area (Å²) in [6.07, 6.45) is 0. The van der Waals surface area contributed by atoms with Gasteiger partial charge in [-0.3, -0.25) is 4.98 Å². The maximum atomic E-state index is 5.35. The van der Waals surface area contributed by atoms with E-state index in [2.05, 4.69) is 57.2 Å². The summed E-state index contributed by atoms with van der Waals surface area (Å²) < 4.78 is 5.35. The Kier molecular flexibility index (Phi) is 3.61. The molecule has 2 nitrogen and oxygen atoms in total. The minimum absolute atomic E-state index is 0.000791. The number of benzene rings is 2. The second-order valence-corrected chi connectivity index (χ2v) is 6.55. The highest BCUT2D eigenvalue weighted by atomic mass is 16.5. The zero-order valence-corrected chi connectivity index (χ0v) is 13.6. The first-order valence-electron chi connectivity index (χ1n) is 7.54. The molecular weight excluding hydrogens is 270 g/mol. The van der Waals surface area contributed by atoms with Crippen molar-refractivity contribution >= 4 is 10.9 Å². The third-order valence-corrected chi connectivity index (χ3v) is 3.87. The van der Waals surface area contributed by atoms with Crippen LogP contribution >= 0.6 is 0 Å². The topological polar surface area (TPSA) is 22.1 Å². The van der Waals surface area contributed by atoms with Crippen molar-refractivity contribution in [1.82, 2.24) is 4.98 Å². The lowest BCUT2D eigenvalue weighted by Gasteiger charge is -2.20. The molecule has 0 aliphatic carbocycles. The number of nitrogens with zero attached hydrogens (tertiary/aromatic N) is 1. The van der Waals surface area contributed by atoms with E-state index in [0.29, 0.717) is 0 Å². The highest BCUT2D eigenvalue weighted by Gasteiger charge is 2.18. The van der Waals surface area contributed by atoms with Crippen LogP contribution in [0.3, 0.4) is 0 Å². The Balaban J connectivity index is 2.33. The molecule has 0 aliphatic rings. The van der Waals surface area contributed by atoms with Gasteiger partial charge in [-0.15, -0.1) is 0 Å². The molecule has 0 bridgehead atoms. The third kappa shape index (κ3) is 2.69. The van der Waals surface area contributed by atoms with Gasteiger partial charge in [0.05, 0.1) is 12.6 Å². The molecule has 0 unspecified atom stereocenters. The number of aromatic nitrogens is 1. The summed E-state index contributed by atoms with van der Waals surface area (Å²) in [5.41, 5.74) is 4.50. The minimum Gasteiger partial charge on any atom is -0.497 e. The molecule has 0 amide bonds. The van der Waals surface area contributed by atoms with E-state index in [1.807, 2.05) is 18.2 Å². The number of methoxy groups -OCH3 is 1. The maximum Gasteiger partial charge on any atom is 0.121 e. The second kappa shape index (κ2) is 5.45. The van der Waals surface area contributed by atoms with Gasteiger partial charge in [0.1, 0.15) is 5.75 Å². The molecule has 0 atom stereocenters. The highest BCUT2D eigenvalue weighted by molar-refractivity contribution is 5.95. The van der Waals surface area contributed by atoms with Gasteiger partial charge in [0.25, 0.3) is 0 Å². The van der Waals surface area contributed by atoms with E-state index in [-0.39, 0.29) is 5.41 Å². The van der Waals surface area contributed by atoms with Gasteiger partial charge in [-0.1, -0.05) is 51.1 Å². The molecule has 112 valence electrons. The van der Waals surface area contributed by atoms with E-state index in [0.717, 1.165) is 22.3 Å². The molecule has 0 saturated carbocycles. The van der Waals surface area contributed by atoms with Gasteiger partial charge >= 0.3 is 0 Å². The molecule has 0 spiro atoms. The van der Waals surface area contributed by atoms with Crippen LogP contribution in [0.25, 0.3) is 22.0 Å². The highest BCUT2D eigenvalue weighted by Crippen LogP contribution is 2.33. The Bertz CT molecular complexity index is 801. The van der Waals surface area contributed by atoms with Gasteiger partial charge in [-0.2, -0.15) is 0 Å². The molecule has 3 rings (SSSR count). The fourth-order valence-electron chi connectivity index (χ4n) is 2.58. The van der Waals surface area contributed by atoms with Gasteiger partial charge in [-0.05, 0) is 29.3 Å². The summed E-state index contributed by atoms with van der Waals surface area (Å²) in [5, 5.41) is 1.15. The number of fused-ring (bicyclic) bond motifs is 1. The van der Waals surface area contributed by atoms with Gasteiger partial charge in [0, 0.05) is 22.6 Å². The number of pyridine rings is 1. The number of hydrogen-bond donors (Lipinski definition) is 0. The Morgan fingerprint density at radius 3 is 2.27 bits per heavy atom. The summed E-state index contributed by atoms with van der Waals surface area (Å²) in [5.74, 6) is 0.838. The van der Waals surface area contributed by atoms with Crippen LogP contribution in [0.5, 0.6) is 5.75 Å². The third-order valence-electron chi connectivity index (χ3n) is 3.87. The molecule has 2 aromatic carbocycles. The molecule has 22 heavy (non-hydrogen) atoms. The predicted molar refractivity (Wildman–Crippen MR) is 92.4 cm³/mol. The van der Waals surface area contributed by atoms with Crippen LogP contribution in [0.15, 0.2) is 54.6 Å². The van der Waals surface area contributed by atoms with E-state index in [1.54, 1.807) is 7.11 Å². The molecule has 1 heterocycles. The predicted octanol–water partition coefficient (Wildman–Crippen LogP) is 5.21. The van der Waals surface area contributed by atoms with Crippen molar-refractivity contribution in [2.75, 3.05) is 7.11 Å². The number of hydrogen-bond acceptors (Lipinski definition) is 2. The molecule has 0 radical (unpaired) electrons. The molecular formula is C20H21NO. The van der Waals surface area contributed by atoms with Crippen LogP contribution < -0.4 is 4.74 Å². The van der Waals surface area contributed by atoms with Crippen molar-refractivity contribution in [3.05, 3.63) is 60.3 Å². The molecule has 3 aromatic rings. The Morgan fingerprint density at radius 2 is 1.64 bits per heavy atom. The van der Waals surface area contributed by atoms with Crippen LogP contribution in [-0.2, 0) is 5.41 Å². The quantitative estimate of drug-likeness (QED) is 0.646. The van der Waals surface area contributed by atoms with Crippen molar-refractivity contribution in [1.29, 1.82) is 0 Å². The van der Waals surface area contributed by atoms with E-state index in [1.165, 1.54) is 11.1 Å². The van der Waals surface area contributed by atoms with Crippen molar-refractivity contribution < 1.29 is 4.74 Å². The van der Waals surface area contributed by atoms with E-state index >= 15 is 0 Å². The van der Waals surface area contributed by atoms with Gasteiger partial charge in [-0.25, -0.2) is 0 Å². The van der Waals surface area contributed by atoms with Crippen LogP contribution in [-0.4, -0.2) is 12.1 Å². The molecule has 1 aromatic heterocycles. The lowest BCUT2D eigenvalue weighted by atomic mass is 9.88. The molecule has 0 saturated heterocycles. The Labute approximate surface area is 131 Å². The summed E-state index contributed by atoms with van der Waals surface area (Å²) in [6.45, 7) is 6.57. The monoisotopic (exact) mass is 291 g/mol. The van der Waals surface area contributed by atoms with Gasteiger partial charge in [0.15, 0.2) is 0 Å². The second-order valence-electron chi connectivity index (χ2n) is 6.55. The summed E-state index contributed by atoms with van der Waals surface area (Å²) in [4.78, 5) is 4.86. The normalized spacial score (nSPS) is 11.6. The average Bonchev–Trinajstić information content (AvgIpc) is 2.53. The zero-order chi connectivity index (χ0) is 15.7.